The van der Waals surface area contributed by atoms with Crippen molar-refractivity contribution in [2.45, 2.75) is 54.4 Å². The van der Waals surface area contributed by atoms with E-state index in [1.54, 1.807) is 0 Å². The lowest BCUT2D eigenvalue weighted by molar-refractivity contribution is 0.880. The molecule has 13 heavy (non-hydrogen) atoms. The van der Waals surface area contributed by atoms with Gasteiger partial charge in [0, 0.05) is 5.70 Å². The Morgan fingerprint density at radius 2 is 1.31 bits per heavy atom. The van der Waals surface area contributed by atoms with Crippen LogP contribution in [0.3, 0.4) is 0 Å². The molecule has 0 heterocycles. The summed E-state index contributed by atoms with van der Waals surface area (Å²) in [7, 11) is 0. The molecule has 3 N–H and O–H groups in total. The first-order valence-electron chi connectivity index (χ1n) is 4.84. The highest BCUT2D eigenvalue weighted by atomic mass is 32.1. The van der Waals surface area contributed by atoms with Crippen LogP contribution >= 0.6 is 12.6 Å². The zero-order chi connectivity index (χ0) is 11.3. The Hall–Kier alpha value is -0.150. The van der Waals surface area contributed by atoms with Crippen molar-refractivity contribution in [1.82, 2.24) is 5.43 Å². The van der Waals surface area contributed by atoms with Crippen molar-refractivity contribution in [3.63, 3.8) is 0 Å². The number of rotatable bonds is 1. The van der Waals surface area contributed by atoms with Crippen molar-refractivity contribution < 1.29 is 0 Å². The third-order valence-corrected chi connectivity index (χ3v) is 1.09. The zero-order valence-corrected chi connectivity index (χ0v) is 10.8. The number of hydrazine groups is 1. The van der Waals surface area contributed by atoms with Crippen LogP contribution in [0.4, 0.5) is 0 Å². The van der Waals surface area contributed by atoms with Gasteiger partial charge in [0.25, 0.3) is 0 Å². The van der Waals surface area contributed by atoms with Gasteiger partial charge in [0.15, 0.2) is 0 Å². The Balaban J connectivity index is -0.000000140. The fraction of sp³-hybridized carbons (Fsp3) is 0.800. The van der Waals surface area contributed by atoms with Gasteiger partial charge in [-0.2, -0.15) is 0 Å². The Bertz CT molecular complexity index is 105. The molecule has 0 saturated carbocycles. The first kappa shape index (κ1) is 18.6. The average molecular weight is 206 g/mol. The quantitative estimate of drug-likeness (QED) is 0.349. The summed E-state index contributed by atoms with van der Waals surface area (Å²) in [5.41, 5.74) is 3.37. The summed E-state index contributed by atoms with van der Waals surface area (Å²) in [6, 6.07) is 0. The molecule has 0 aromatic carbocycles. The van der Waals surface area contributed by atoms with Crippen LogP contribution in [-0.2, 0) is 0 Å². The predicted octanol–water partition coefficient (Wildman–Crippen LogP) is 3.46. The van der Waals surface area contributed by atoms with Gasteiger partial charge < -0.3 is 5.43 Å². The predicted molar refractivity (Wildman–Crippen MR) is 66.6 cm³/mol. The summed E-state index contributed by atoms with van der Waals surface area (Å²) in [6.45, 7) is 12.2. The second kappa shape index (κ2) is 17.8. The van der Waals surface area contributed by atoms with Crippen LogP contribution in [0.2, 0.25) is 0 Å². The molecule has 3 heteroatoms. The zero-order valence-electron chi connectivity index (χ0n) is 9.94. The van der Waals surface area contributed by atoms with Crippen LogP contribution in [0.1, 0.15) is 54.4 Å². The van der Waals surface area contributed by atoms with E-state index < -0.39 is 0 Å². The molecule has 0 aliphatic heterocycles. The number of nitrogens with two attached hydrogens (primary N) is 1. The van der Waals surface area contributed by atoms with Gasteiger partial charge in [0.1, 0.15) is 0 Å². The van der Waals surface area contributed by atoms with Gasteiger partial charge in [0.05, 0.1) is 0 Å². The van der Waals surface area contributed by atoms with E-state index in [2.05, 4.69) is 45.7 Å². The number of nitrogens with one attached hydrogen (secondary N) is 1. The molecular formula is C10H26N2S. The second-order valence-electron chi connectivity index (χ2n) is 2.77. The smallest absolute Gasteiger partial charge is 0.0317 e. The fourth-order valence-electron chi connectivity index (χ4n) is 0.104. The molecule has 0 amide bonds. The number of hydrogen-bond donors (Lipinski definition) is 3. The first-order valence-corrected chi connectivity index (χ1v) is 5.29. The molecule has 82 valence electrons. The first-order chi connectivity index (χ1) is 6.01. The lowest BCUT2D eigenvalue weighted by atomic mass is 10.5. The van der Waals surface area contributed by atoms with Crippen molar-refractivity contribution in [2.75, 3.05) is 0 Å². The minimum absolute atomic E-state index is 0.906. The highest BCUT2D eigenvalue weighted by Crippen LogP contribution is 2.00. The van der Waals surface area contributed by atoms with Crippen molar-refractivity contribution >= 4 is 12.6 Å². The van der Waals surface area contributed by atoms with Crippen molar-refractivity contribution in [3.05, 3.63) is 10.6 Å². The molecule has 0 spiro atoms. The van der Waals surface area contributed by atoms with Crippen molar-refractivity contribution in [2.24, 2.45) is 5.84 Å². The molecular weight excluding hydrogens is 180 g/mol. The van der Waals surface area contributed by atoms with Gasteiger partial charge in [-0.25, -0.2) is 0 Å². The van der Waals surface area contributed by atoms with Crippen LogP contribution < -0.4 is 11.3 Å². The Morgan fingerprint density at radius 1 is 1.08 bits per heavy atom. The van der Waals surface area contributed by atoms with Crippen LogP contribution in [-0.4, -0.2) is 0 Å². The summed E-state index contributed by atoms with van der Waals surface area (Å²) in [5.74, 6) is 5.02. The highest BCUT2D eigenvalue weighted by Gasteiger charge is 1.82. The van der Waals surface area contributed by atoms with E-state index in [1.807, 2.05) is 13.8 Å². The summed E-state index contributed by atoms with van der Waals surface area (Å²) in [4.78, 5) is 0.919. The van der Waals surface area contributed by atoms with Gasteiger partial charge in [-0.05, 0) is 18.8 Å². The molecule has 0 aliphatic carbocycles. The third-order valence-electron chi connectivity index (χ3n) is 0.759. The summed E-state index contributed by atoms with van der Waals surface area (Å²) in [5, 5.41) is 0. The molecule has 0 aromatic heterocycles. The summed E-state index contributed by atoms with van der Waals surface area (Å²) in [6.07, 6.45) is 2.50. The Kier molecular flexibility index (Phi) is 25.5. The normalized spacial score (nSPS) is 9.85. The maximum Gasteiger partial charge on any atom is 0.0317 e. The average Bonchev–Trinajstić information content (AvgIpc) is 2.05. The van der Waals surface area contributed by atoms with Gasteiger partial charge in [-0.15, -0.1) is 12.6 Å². The second-order valence-corrected chi connectivity index (χ2v) is 3.44. The molecule has 0 aliphatic rings. The van der Waals surface area contributed by atoms with Crippen molar-refractivity contribution in [1.29, 1.82) is 0 Å². The van der Waals surface area contributed by atoms with Crippen LogP contribution in [0.15, 0.2) is 10.6 Å². The molecule has 0 saturated heterocycles. The molecule has 0 atom stereocenters. The highest BCUT2D eigenvalue weighted by molar-refractivity contribution is 7.84. The Morgan fingerprint density at radius 3 is 1.31 bits per heavy atom. The van der Waals surface area contributed by atoms with E-state index in [1.165, 1.54) is 12.8 Å². The molecule has 0 unspecified atom stereocenters. The molecule has 0 rings (SSSR count). The molecule has 0 fully saturated rings. The van der Waals surface area contributed by atoms with E-state index in [0.29, 0.717) is 0 Å². The molecule has 0 aromatic rings. The third kappa shape index (κ3) is 33.6. The van der Waals surface area contributed by atoms with E-state index in [-0.39, 0.29) is 0 Å². The van der Waals surface area contributed by atoms with Gasteiger partial charge in [0.2, 0.25) is 0 Å². The van der Waals surface area contributed by atoms with Crippen molar-refractivity contribution in [3.8, 4) is 0 Å². The van der Waals surface area contributed by atoms with Crippen LogP contribution in [0.25, 0.3) is 0 Å². The topological polar surface area (TPSA) is 38.0 Å². The minimum atomic E-state index is 0.906. The lowest BCUT2D eigenvalue weighted by Crippen LogP contribution is -2.19. The van der Waals surface area contributed by atoms with Crippen LogP contribution in [0.5, 0.6) is 0 Å². The SMILES string of the molecule is C/C(S)=C(\C)NN.CCC.CCC. The lowest BCUT2D eigenvalue weighted by Gasteiger charge is -1.97. The van der Waals surface area contributed by atoms with Gasteiger partial charge in [-0.3, -0.25) is 5.84 Å². The van der Waals surface area contributed by atoms with Crippen LogP contribution in [0, 0.1) is 0 Å². The Labute approximate surface area is 89.4 Å². The fourth-order valence-corrected chi connectivity index (χ4v) is 0.169. The molecule has 0 radical (unpaired) electrons. The van der Waals surface area contributed by atoms with Gasteiger partial charge in [-0.1, -0.05) is 40.5 Å². The van der Waals surface area contributed by atoms with E-state index in [0.717, 1.165) is 10.6 Å². The monoisotopic (exact) mass is 206 g/mol. The van der Waals surface area contributed by atoms with E-state index >= 15 is 0 Å². The largest absolute Gasteiger partial charge is 0.328 e. The molecule has 2 nitrogen and oxygen atoms in total. The summed E-state index contributed by atoms with van der Waals surface area (Å²) >= 11 is 4.01. The maximum atomic E-state index is 5.02. The minimum Gasteiger partial charge on any atom is -0.328 e. The maximum absolute atomic E-state index is 5.02. The standard InChI is InChI=1S/C4H10N2S.2C3H8/c1-3(6-5)4(2)7;2*1-3-2/h6-7H,5H2,1-2H3;2*3H2,1-2H3/b4-3-;;. The number of hydrogen-bond acceptors (Lipinski definition) is 3. The van der Waals surface area contributed by atoms with E-state index in [9.17, 15) is 0 Å². The number of allylic oxidation sites excluding steroid dienone is 2. The van der Waals surface area contributed by atoms with E-state index in [4.69, 9.17) is 5.84 Å². The summed E-state index contributed by atoms with van der Waals surface area (Å²) < 4.78 is 0. The molecule has 0 bridgehead atoms. The van der Waals surface area contributed by atoms with Gasteiger partial charge >= 0.3 is 0 Å². The number of thiol groups is 1.